The predicted octanol–water partition coefficient (Wildman–Crippen LogP) is 3.28. The molecule has 0 fully saturated rings. The van der Waals surface area contributed by atoms with Crippen LogP contribution in [-0.2, 0) is 0 Å². The van der Waals surface area contributed by atoms with Crippen LogP contribution in [0.5, 0.6) is 5.75 Å². The van der Waals surface area contributed by atoms with Crippen LogP contribution < -0.4 is 10.1 Å². The maximum absolute atomic E-state index is 11.9. The van der Waals surface area contributed by atoms with Crippen molar-refractivity contribution >= 4 is 29.7 Å². The molecule has 110 valence electrons. The highest BCUT2D eigenvalue weighted by Gasteiger charge is 2.09. The molecule has 0 aliphatic heterocycles. The number of hydrogen-bond acceptors (Lipinski definition) is 4. The molecule has 0 spiro atoms. The van der Waals surface area contributed by atoms with Crippen molar-refractivity contribution in [2.45, 2.75) is 0 Å². The standard InChI is InChI=1S/C14H12N2O4.ClH/c1-20-13-8-4-11(5-9-13)15-14(17)10-2-6-12(7-3-10)16(18)19;/h2-9H,1H3,(H,15,17);1H. The van der Waals surface area contributed by atoms with Crippen LogP contribution in [0.2, 0.25) is 0 Å². The van der Waals surface area contributed by atoms with Gasteiger partial charge in [0.15, 0.2) is 0 Å². The SMILES string of the molecule is COc1ccc(NC(=O)c2ccc([N+](=O)[O-])cc2)cc1.Cl. The summed E-state index contributed by atoms with van der Waals surface area (Å²) in [5.41, 5.74) is 0.923. The lowest BCUT2D eigenvalue weighted by atomic mass is 10.2. The first kappa shape index (κ1) is 16.5. The number of anilines is 1. The number of benzene rings is 2. The molecule has 0 saturated heterocycles. The molecule has 2 aromatic carbocycles. The molecule has 0 aliphatic rings. The Hall–Kier alpha value is -2.60. The molecule has 7 heteroatoms. The number of halogens is 1. The molecule has 0 unspecified atom stereocenters. The van der Waals surface area contributed by atoms with Gasteiger partial charge in [-0.25, -0.2) is 0 Å². The summed E-state index contributed by atoms with van der Waals surface area (Å²) in [5, 5.41) is 13.2. The number of hydrogen-bond donors (Lipinski definition) is 1. The zero-order valence-corrected chi connectivity index (χ0v) is 11.9. The molecular formula is C14H13ClN2O4. The highest BCUT2D eigenvalue weighted by Crippen LogP contribution is 2.17. The van der Waals surface area contributed by atoms with Crippen LogP contribution in [0.1, 0.15) is 10.4 Å². The van der Waals surface area contributed by atoms with Crippen molar-refractivity contribution in [3.05, 3.63) is 64.2 Å². The first-order valence-corrected chi connectivity index (χ1v) is 5.80. The molecule has 2 aromatic rings. The lowest BCUT2D eigenvalue weighted by Crippen LogP contribution is -2.11. The summed E-state index contributed by atoms with van der Waals surface area (Å²) in [5.74, 6) is 0.364. The van der Waals surface area contributed by atoms with Gasteiger partial charge in [0.05, 0.1) is 12.0 Å². The minimum absolute atomic E-state index is 0. The van der Waals surface area contributed by atoms with Gasteiger partial charge < -0.3 is 10.1 Å². The lowest BCUT2D eigenvalue weighted by Gasteiger charge is -2.06. The molecule has 0 bridgehead atoms. The summed E-state index contributed by atoms with van der Waals surface area (Å²) in [6.07, 6.45) is 0. The molecule has 0 saturated carbocycles. The average molecular weight is 309 g/mol. The summed E-state index contributed by atoms with van der Waals surface area (Å²) < 4.78 is 5.02. The Balaban J connectivity index is 0.00000220. The Bertz CT molecular complexity index is 626. The van der Waals surface area contributed by atoms with E-state index in [1.165, 1.54) is 24.3 Å². The molecule has 0 aliphatic carbocycles. The van der Waals surface area contributed by atoms with Gasteiger partial charge in [0, 0.05) is 23.4 Å². The molecule has 0 heterocycles. The predicted molar refractivity (Wildman–Crippen MR) is 81.3 cm³/mol. The van der Waals surface area contributed by atoms with Crippen LogP contribution in [0.4, 0.5) is 11.4 Å². The highest BCUT2D eigenvalue weighted by atomic mass is 35.5. The van der Waals surface area contributed by atoms with E-state index in [0.717, 1.165) is 0 Å². The molecule has 0 aromatic heterocycles. The summed E-state index contributed by atoms with van der Waals surface area (Å²) in [7, 11) is 1.56. The van der Waals surface area contributed by atoms with Gasteiger partial charge >= 0.3 is 0 Å². The number of rotatable bonds is 4. The normalized spacial score (nSPS) is 9.38. The van der Waals surface area contributed by atoms with Gasteiger partial charge in [0.1, 0.15) is 5.75 Å². The highest BCUT2D eigenvalue weighted by molar-refractivity contribution is 6.04. The van der Waals surface area contributed by atoms with E-state index in [2.05, 4.69) is 5.32 Å². The summed E-state index contributed by atoms with van der Waals surface area (Å²) in [4.78, 5) is 22.0. The second-order valence-corrected chi connectivity index (χ2v) is 3.99. The quantitative estimate of drug-likeness (QED) is 0.694. The number of methoxy groups -OCH3 is 1. The number of nitrogens with one attached hydrogen (secondary N) is 1. The zero-order chi connectivity index (χ0) is 14.5. The van der Waals surface area contributed by atoms with Gasteiger partial charge in [-0.05, 0) is 36.4 Å². The van der Waals surface area contributed by atoms with E-state index < -0.39 is 4.92 Å². The van der Waals surface area contributed by atoms with Crippen LogP contribution >= 0.6 is 12.4 Å². The number of non-ortho nitro benzene ring substituents is 1. The van der Waals surface area contributed by atoms with Gasteiger partial charge in [-0.1, -0.05) is 0 Å². The lowest BCUT2D eigenvalue weighted by molar-refractivity contribution is -0.384. The molecule has 1 N–H and O–H groups in total. The van der Waals surface area contributed by atoms with Crippen molar-refractivity contribution in [2.24, 2.45) is 0 Å². The number of ether oxygens (including phenoxy) is 1. The van der Waals surface area contributed by atoms with Crippen LogP contribution in [0.15, 0.2) is 48.5 Å². The third-order valence-electron chi connectivity index (χ3n) is 2.69. The summed E-state index contributed by atoms with van der Waals surface area (Å²) >= 11 is 0. The Morgan fingerprint density at radius 1 is 1.10 bits per heavy atom. The van der Waals surface area contributed by atoms with Crippen molar-refractivity contribution in [3.63, 3.8) is 0 Å². The van der Waals surface area contributed by atoms with E-state index in [9.17, 15) is 14.9 Å². The van der Waals surface area contributed by atoms with E-state index in [1.54, 1.807) is 31.4 Å². The fraction of sp³-hybridized carbons (Fsp3) is 0.0714. The van der Waals surface area contributed by atoms with Gasteiger partial charge in [-0.2, -0.15) is 0 Å². The smallest absolute Gasteiger partial charge is 0.269 e. The van der Waals surface area contributed by atoms with Gasteiger partial charge in [-0.15, -0.1) is 12.4 Å². The Morgan fingerprint density at radius 3 is 2.14 bits per heavy atom. The maximum atomic E-state index is 11.9. The van der Waals surface area contributed by atoms with Crippen LogP contribution in [0.25, 0.3) is 0 Å². The molecule has 0 radical (unpaired) electrons. The Kier molecular flexibility index (Phi) is 5.68. The first-order chi connectivity index (χ1) is 9.60. The maximum Gasteiger partial charge on any atom is 0.269 e. The third kappa shape index (κ3) is 4.19. The monoisotopic (exact) mass is 308 g/mol. The van der Waals surface area contributed by atoms with Crippen molar-refractivity contribution < 1.29 is 14.5 Å². The minimum atomic E-state index is -0.509. The van der Waals surface area contributed by atoms with E-state index in [0.29, 0.717) is 17.0 Å². The van der Waals surface area contributed by atoms with E-state index >= 15 is 0 Å². The summed E-state index contributed by atoms with van der Waals surface area (Å²) in [6.45, 7) is 0. The van der Waals surface area contributed by atoms with Crippen LogP contribution in [0.3, 0.4) is 0 Å². The fourth-order valence-corrected chi connectivity index (χ4v) is 1.61. The second kappa shape index (κ2) is 7.25. The van der Waals surface area contributed by atoms with Crippen LogP contribution in [-0.4, -0.2) is 17.9 Å². The van der Waals surface area contributed by atoms with Crippen LogP contribution in [0, 0.1) is 10.1 Å². The second-order valence-electron chi connectivity index (χ2n) is 3.99. The topological polar surface area (TPSA) is 81.5 Å². The number of nitrogens with zero attached hydrogens (tertiary/aromatic N) is 1. The molecule has 6 nitrogen and oxygen atoms in total. The average Bonchev–Trinajstić information content (AvgIpc) is 2.48. The minimum Gasteiger partial charge on any atom is -0.497 e. The van der Waals surface area contributed by atoms with E-state index in [-0.39, 0.29) is 24.0 Å². The number of nitro benzene ring substituents is 1. The Labute approximate surface area is 127 Å². The van der Waals surface area contributed by atoms with Crippen molar-refractivity contribution in [1.82, 2.24) is 0 Å². The van der Waals surface area contributed by atoms with Gasteiger partial charge in [-0.3, -0.25) is 14.9 Å². The fourth-order valence-electron chi connectivity index (χ4n) is 1.61. The largest absolute Gasteiger partial charge is 0.497 e. The molecule has 21 heavy (non-hydrogen) atoms. The van der Waals surface area contributed by atoms with E-state index in [1.807, 2.05) is 0 Å². The molecule has 1 amide bonds. The molecule has 2 rings (SSSR count). The van der Waals surface area contributed by atoms with Crippen molar-refractivity contribution in [3.8, 4) is 5.75 Å². The molecule has 0 atom stereocenters. The first-order valence-electron chi connectivity index (χ1n) is 5.80. The number of carbonyl (C=O) groups excluding carboxylic acids is 1. The van der Waals surface area contributed by atoms with E-state index in [4.69, 9.17) is 4.74 Å². The van der Waals surface area contributed by atoms with Gasteiger partial charge in [0.25, 0.3) is 11.6 Å². The number of carbonyl (C=O) groups is 1. The number of nitro groups is 1. The Morgan fingerprint density at radius 2 is 1.67 bits per heavy atom. The third-order valence-corrected chi connectivity index (χ3v) is 2.69. The molecular weight excluding hydrogens is 296 g/mol. The van der Waals surface area contributed by atoms with Crippen molar-refractivity contribution in [2.75, 3.05) is 12.4 Å². The van der Waals surface area contributed by atoms with Crippen molar-refractivity contribution in [1.29, 1.82) is 0 Å². The zero-order valence-electron chi connectivity index (χ0n) is 11.1. The van der Waals surface area contributed by atoms with Gasteiger partial charge in [0.2, 0.25) is 0 Å². The summed E-state index contributed by atoms with van der Waals surface area (Å²) in [6, 6.07) is 12.3. The number of amides is 1.